The van der Waals surface area contributed by atoms with Crippen LogP contribution >= 0.6 is 11.3 Å². The van der Waals surface area contributed by atoms with E-state index in [0.717, 1.165) is 20.5 Å². The molecule has 0 fully saturated rings. The second kappa shape index (κ2) is 6.14. The molecule has 23 heavy (non-hydrogen) atoms. The molecule has 0 unspecified atom stereocenters. The van der Waals surface area contributed by atoms with Crippen LogP contribution in [0.3, 0.4) is 0 Å². The zero-order valence-corrected chi connectivity index (χ0v) is 14.1. The monoisotopic (exact) mass is 329 g/mol. The molecule has 3 N–H and O–H groups in total. The van der Waals surface area contributed by atoms with Gasteiger partial charge >= 0.3 is 0 Å². The first kappa shape index (κ1) is 15.7. The van der Waals surface area contributed by atoms with E-state index in [1.54, 1.807) is 18.3 Å². The average molecular weight is 329 g/mol. The predicted octanol–water partition coefficient (Wildman–Crippen LogP) is 3.47. The number of fused-ring (bicyclic) bond motifs is 1. The summed E-state index contributed by atoms with van der Waals surface area (Å²) in [6.07, 6.45) is -0.454. The van der Waals surface area contributed by atoms with E-state index in [9.17, 15) is 10.2 Å². The number of rotatable bonds is 4. The number of anilines is 1. The van der Waals surface area contributed by atoms with Gasteiger partial charge in [0.1, 0.15) is 11.6 Å². The maximum absolute atomic E-state index is 10.6. The number of aryl methyl sites for hydroxylation is 2. The summed E-state index contributed by atoms with van der Waals surface area (Å²) in [6, 6.07) is 7.74. The standard InChI is InChI=1S/C17H19N3O2S/c1-9-6-15(18-8-10(2)21)19-20-16(9)12-4-5-14-13(17(12)22)7-11(3)23-14/h4-7,10,21-22H,8H2,1-3H3,(H,18,19)/t10-/m0/s1. The SMILES string of the molecule is Cc1cc2c(O)c(-c3nnc(NC[C@H](C)O)cc3C)ccc2s1. The largest absolute Gasteiger partial charge is 0.507 e. The first-order valence-electron chi connectivity index (χ1n) is 7.44. The van der Waals surface area contributed by atoms with Gasteiger partial charge in [0.2, 0.25) is 0 Å². The molecule has 1 aromatic carbocycles. The molecule has 0 saturated heterocycles. The second-order valence-corrected chi connectivity index (χ2v) is 7.01. The molecule has 0 aliphatic heterocycles. The number of phenolic OH excluding ortho intramolecular Hbond substituents is 1. The van der Waals surface area contributed by atoms with Crippen molar-refractivity contribution in [1.82, 2.24) is 10.2 Å². The van der Waals surface area contributed by atoms with Crippen LogP contribution in [0.5, 0.6) is 5.75 Å². The zero-order chi connectivity index (χ0) is 16.6. The zero-order valence-electron chi connectivity index (χ0n) is 13.3. The van der Waals surface area contributed by atoms with E-state index in [1.165, 1.54) is 0 Å². The minimum Gasteiger partial charge on any atom is -0.507 e. The Kier molecular flexibility index (Phi) is 4.19. The van der Waals surface area contributed by atoms with Crippen LogP contribution in [-0.4, -0.2) is 33.1 Å². The van der Waals surface area contributed by atoms with Crippen LogP contribution in [0.1, 0.15) is 17.4 Å². The third-order valence-corrected chi connectivity index (χ3v) is 4.63. The molecule has 5 nitrogen and oxygen atoms in total. The van der Waals surface area contributed by atoms with Gasteiger partial charge in [-0.2, -0.15) is 0 Å². The van der Waals surface area contributed by atoms with Crippen molar-refractivity contribution in [3.05, 3.63) is 34.7 Å². The third-order valence-electron chi connectivity index (χ3n) is 3.61. The fourth-order valence-corrected chi connectivity index (χ4v) is 3.43. The lowest BCUT2D eigenvalue weighted by Gasteiger charge is -2.11. The Balaban J connectivity index is 2.00. The maximum Gasteiger partial charge on any atom is 0.149 e. The molecule has 0 bridgehead atoms. The van der Waals surface area contributed by atoms with E-state index in [2.05, 4.69) is 15.5 Å². The molecule has 0 radical (unpaired) electrons. The summed E-state index contributed by atoms with van der Waals surface area (Å²) >= 11 is 1.66. The fraction of sp³-hybridized carbons (Fsp3) is 0.294. The van der Waals surface area contributed by atoms with Gasteiger partial charge in [-0.05, 0) is 50.6 Å². The highest BCUT2D eigenvalue weighted by atomic mass is 32.1. The molecule has 2 heterocycles. The number of benzene rings is 1. The summed E-state index contributed by atoms with van der Waals surface area (Å²) < 4.78 is 1.06. The first-order chi connectivity index (χ1) is 11.0. The van der Waals surface area contributed by atoms with Crippen LogP contribution < -0.4 is 5.32 Å². The Morgan fingerprint density at radius 2 is 2.00 bits per heavy atom. The van der Waals surface area contributed by atoms with Crippen molar-refractivity contribution >= 4 is 27.2 Å². The van der Waals surface area contributed by atoms with Gasteiger partial charge in [0.15, 0.2) is 0 Å². The Bertz CT molecular complexity index is 858. The normalized spacial score (nSPS) is 12.5. The molecule has 0 saturated carbocycles. The Hall–Kier alpha value is -2.18. The number of phenols is 1. The van der Waals surface area contributed by atoms with Gasteiger partial charge in [-0.3, -0.25) is 0 Å². The lowest BCUT2D eigenvalue weighted by molar-refractivity contribution is 0.208. The van der Waals surface area contributed by atoms with Crippen molar-refractivity contribution in [3.8, 4) is 17.0 Å². The Morgan fingerprint density at radius 3 is 2.70 bits per heavy atom. The number of aliphatic hydroxyl groups is 1. The number of hydrogen-bond donors (Lipinski definition) is 3. The molecule has 2 aromatic heterocycles. The maximum atomic E-state index is 10.6. The quantitative estimate of drug-likeness (QED) is 0.683. The van der Waals surface area contributed by atoms with Crippen molar-refractivity contribution < 1.29 is 10.2 Å². The molecule has 6 heteroatoms. The fourth-order valence-electron chi connectivity index (χ4n) is 2.51. The molecule has 1 atom stereocenters. The molecule has 3 aromatic rings. The first-order valence-corrected chi connectivity index (χ1v) is 8.26. The van der Waals surface area contributed by atoms with Gasteiger partial charge in [0.05, 0.1) is 11.8 Å². The lowest BCUT2D eigenvalue weighted by Crippen LogP contribution is -2.16. The molecule has 120 valence electrons. The van der Waals surface area contributed by atoms with Crippen LogP contribution in [-0.2, 0) is 0 Å². The van der Waals surface area contributed by atoms with Crippen LogP contribution in [0.25, 0.3) is 21.3 Å². The predicted molar refractivity (Wildman–Crippen MR) is 94.2 cm³/mol. The van der Waals surface area contributed by atoms with Crippen LogP contribution in [0.15, 0.2) is 24.3 Å². The van der Waals surface area contributed by atoms with Crippen LogP contribution in [0.4, 0.5) is 5.82 Å². The van der Waals surface area contributed by atoms with Crippen molar-refractivity contribution in [2.24, 2.45) is 0 Å². The summed E-state index contributed by atoms with van der Waals surface area (Å²) in [5.41, 5.74) is 2.26. The third kappa shape index (κ3) is 3.13. The topological polar surface area (TPSA) is 78.3 Å². The number of nitrogens with one attached hydrogen (secondary N) is 1. The van der Waals surface area contributed by atoms with Gasteiger partial charge < -0.3 is 15.5 Å². The molecular formula is C17H19N3O2S. The molecule has 0 aliphatic rings. The van der Waals surface area contributed by atoms with Crippen LogP contribution in [0, 0.1) is 13.8 Å². The highest BCUT2D eigenvalue weighted by molar-refractivity contribution is 7.19. The molecule has 3 rings (SSSR count). The van der Waals surface area contributed by atoms with E-state index in [4.69, 9.17) is 0 Å². The number of hydrogen-bond acceptors (Lipinski definition) is 6. The van der Waals surface area contributed by atoms with Crippen molar-refractivity contribution in [1.29, 1.82) is 0 Å². The number of nitrogens with zero attached hydrogens (tertiary/aromatic N) is 2. The van der Waals surface area contributed by atoms with Gasteiger partial charge in [-0.15, -0.1) is 21.5 Å². The highest BCUT2D eigenvalue weighted by Gasteiger charge is 2.14. The smallest absolute Gasteiger partial charge is 0.149 e. The van der Waals surface area contributed by atoms with E-state index < -0.39 is 6.10 Å². The van der Waals surface area contributed by atoms with Gasteiger partial charge in [0, 0.05) is 27.1 Å². The Labute approximate surface area is 138 Å². The second-order valence-electron chi connectivity index (χ2n) is 5.72. The number of aromatic nitrogens is 2. The van der Waals surface area contributed by atoms with Crippen molar-refractivity contribution in [2.75, 3.05) is 11.9 Å². The summed E-state index contributed by atoms with van der Waals surface area (Å²) in [6.45, 7) is 6.08. The lowest BCUT2D eigenvalue weighted by atomic mass is 10.0. The van der Waals surface area contributed by atoms with Crippen molar-refractivity contribution in [3.63, 3.8) is 0 Å². The van der Waals surface area contributed by atoms with E-state index in [-0.39, 0.29) is 5.75 Å². The van der Waals surface area contributed by atoms with Gasteiger partial charge in [0.25, 0.3) is 0 Å². The minimum absolute atomic E-state index is 0.244. The van der Waals surface area contributed by atoms with E-state index in [1.807, 2.05) is 38.1 Å². The average Bonchev–Trinajstić information content (AvgIpc) is 2.88. The minimum atomic E-state index is -0.454. The summed E-state index contributed by atoms with van der Waals surface area (Å²) in [5.74, 6) is 0.855. The highest BCUT2D eigenvalue weighted by Crippen LogP contribution is 2.39. The van der Waals surface area contributed by atoms with Gasteiger partial charge in [-0.1, -0.05) is 0 Å². The summed E-state index contributed by atoms with van der Waals surface area (Å²) in [5, 5.41) is 32.1. The summed E-state index contributed by atoms with van der Waals surface area (Å²) in [7, 11) is 0. The number of aromatic hydroxyl groups is 1. The van der Waals surface area contributed by atoms with E-state index in [0.29, 0.717) is 23.6 Å². The molecular weight excluding hydrogens is 310 g/mol. The molecule has 0 aliphatic carbocycles. The van der Waals surface area contributed by atoms with Crippen LogP contribution in [0.2, 0.25) is 0 Å². The van der Waals surface area contributed by atoms with E-state index >= 15 is 0 Å². The molecule has 0 amide bonds. The number of aliphatic hydroxyl groups excluding tert-OH is 1. The molecule has 0 spiro atoms. The number of thiophene rings is 1. The van der Waals surface area contributed by atoms with Gasteiger partial charge in [-0.25, -0.2) is 0 Å². The Morgan fingerprint density at radius 1 is 1.22 bits per heavy atom. The van der Waals surface area contributed by atoms with Crippen molar-refractivity contribution in [2.45, 2.75) is 26.9 Å². The summed E-state index contributed by atoms with van der Waals surface area (Å²) in [4.78, 5) is 1.16.